The van der Waals surface area contributed by atoms with Crippen LogP contribution in [0.25, 0.3) is 11.0 Å². The Morgan fingerprint density at radius 3 is 2.60 bits per heavy atom. The fourth-order valence-corrected chi connectivity index (χ4v) is 3.19. The fourth-order valence-electron chi connectivity index (χ4n) is 3.19. The second-order valence-electron chi connectivity index (χ2n) is 6.77. The van der Waals surface area contributed by atoms with Gasteiger partial charge >= 0.3 is 0 Å². The molecule has 30 heavy (non-hydrogen) atoms. The number of para-hydroxylation sites is 2. The van der Waals surface area contributed by atoms with Gasteiger partial charge in [-0.3, -0.25) is 20.4 Å². The number of benzene rings is 2. The van der Waals surface area contributed by atoms with Crippen LogP contribution in [0.2, 0.25) is 0 Å². The van der Waals surface area contributed by atoms with Crippen molar-refractivity contribution in [1.29, 1.82) is 0 Å². The molecule has 8 heteroatoms. The van der Waals surface area contributed by atoms with Crippen LogP contribution in [-0.4, -0.2) is 35.6 Å². The van der Waals surface area contributed by atoms with Crippen LogP contribution in [0, 0.1) is 0 Å². The number of ether oxygens (including phenoxy) is 2. The van der Waals surface area contributed by atoms with Crippen LogP contribution in [0.15, 0.2) is 42.5 Å². The number of aromatic nitrogens is 2. The van der Waals surface area contributed by atoms with Crippen molar-refractivity contribution in [2.24, 2.45) is 0 Å². The molecule has 3 aromatic rings. The van der Waals surface area contributed by atoms with E-state index in [2.05, 4.69) is 22.8 Å². The highest BCUT2D eigenvalue weighted by molar-refractivity contribution is 5.98. The van der Waals surface area contributed by atoms with Gasteiger partial charge in [-0.1, -0.05) is 25.5 Å². The molecule has 0 unspecified atom stereocenters. The molecule has 0 aliphatic carbocycles. The summed E-state index contributed by atoms with van der Waals surface area (Å²) in [4.78, 5) is 29.7. The molecular weight excluding hydrogens is 384 g/mol. The summed E-state index contributed by atoms with van der Waals surface area (Å²) < 4.78 is 12.3. The molecule has 1 aromatic heterocycles. The molecule has 2 aromatic carbocycles. The standard InChI is InChI=1S/C22H26N4O4/c1-4-5-10-20-23-17-8-6-7-9-18(17)26(20)14-21(27)24-25-22(28)16-12-11-15(29-2)13-19(16)30-3/h6-9,11-13H,4-5,10,14H2,1-3H3,(H,24,27)(H,25,28). The zero-order valence-corrected chi connectivity index (χ0v) is 17.4. The van der Waals surface area contributed by atoms with Crippen LogP contribution in [0.1, 0.15) is 35.9 Å². The second kappa shape index (κ2) is 9.78. The van der Waals surface area contributed by atoms with Gasteiger partial charge in [0.05, 0.1) is 30.8 Å². The third kappa shape index (κ3) is 4.71. The molecule has 0 bridgehead atoms. The normalized spacial score (nSPS) is 10.6. The van der Waals surface area contributed by atoms with E-state index < -0.39 is 5.91 Å². The molecule has 0 aliphatic heterocycles. The zero-order chi connectivity index (χ0) is 21.5. The summed E-state index contributed by atoms with van der Waals surface area (Å²) in [6.07, 6.45) is 2.81. The fraction of sp³-hybridized carbons (Fsp3) is 0.318. The predicted molar refractivity (Wildman–Crippen MR) is 113 cm³/mol. The maximum absolute atomic E-state index is 12.5. The number of aryl methyl sites for hydroxylation is 1. The van der Waals surface area contributed by atoms with Crippen molar-refractivity contribution >= 4 is 22.8 Å². The van der Waals surface area contributed by atoms with Crippen molar-refractivity contribution in [3.8, 4) is 11.5 Å². The van der Waals surface area contributed by atoms with E-state index in [1.165, 1.54) is 14.2 Å². The van der Waals surface area contributed by atoms with E-state index in [-0.39, 0.29) is 18.0 Å². The molecule has 3 rings (SSSR count). The van der Waals surface area contributed by atoms with Gasteiger partial charge in [-0.05, 0) is 30.7 Å². The summed E-state index contributed by atoms with van der Waals surface area (Å²) in [7, 11) is 3.00. The number of unbranched alkanes of at least 4 members (excludes halogenated alkanes) is 1. The first kappa shape index (κ1) is 21.2. The van der Waals surface area contributed by atoms with Gasteiger partial charge in [-0.15, -0.1) is 0 Å². The van der Waals surface area contributed by atoms with Gasteiger partial charge in [0.15, 0.2) is 0 Å². The zero-order valence-electron chi connectivity index (χ0n) is 17.4. The highest BCUT2D eigenvalue weighted by Gasteiger charge is 2.16. The average molecular weight is 410 g/mol. The average Bonchev–Trinajstić information content (AvgIpc) is 3.12. The molecule has 2 amide bonds. The molecule has 1 heterocycles. The Balaban J connectivity index is 1.70. The number of hydrogen-bond acceptors (Lipinski definition) is 5. The minimum absolute atomic E-state index is 0.0551. The van der Waals surface area contributed by atoms with E-state index in [1.54, 1.807) is 18.2 Å². The Morgan fingerprint density at radius 2 is 1.87 bits per heavy atom. The van der Waals surface area contributed by atoms with Crippen LogP contribution in [-0.2, 0) is 17.8 Å². The molecular formula is C22H26N4O4. The van der Waals surface area contributed by atoms with Gasteiger partial charge in [0.25, 0.3) is 11.8 Å². The molecule has 8 nitrogen and oxygen atoms in total. The SMILES string of the molecule is CCCCc1nc2ccccc2n1CC(=O)NNC(=O)c1ccc(OC)cc1OC. The van der Waals surface area contributed by atoms with Crippen LogP contribution < -0.4 is 20.3 Å². The third-order valence-electron chi connectivity index (χ3n) is 4.76. The van der Waals surface area contributed by atoms with Gasteiger partial charge in [-0.25, -0.2) is 4.98 Å². The van der Waals surface area contributed by atoms with E-state index in [1.807, 2.05) is 28.8 Å². The van der Waals surface area contributed by atoms with E-state index in [0.717, 1.165) is 36.1 Å². The molecule has 0 saturated heterocycles. The third-order valence-corrected chi connectivity index (χ3v) is 4.76. The molecule has 0 saturated carbocycles. The number of hydrogen-bond donors (Lipinski definition) is 2. The lowest BCUT2D eigenvalue weighted by Gasteiger charge is -2.13. The Hall–Kier alpha value is -3.55. The smallest absolute Gasteiger partial charge is 0.273 e. The van der Waals surface area contributed by atoms with Gasteiger partial charge in [0, 0.05) is 12.5 Å². The molecule has 0 aliphatic rings. The topological polar surface area (TPSA) is 94.5 Å². The van der Waals surface area contributed by atoms with Crippen LogP contribution >= 0.6 is 0 Å². The molecule has 0 radical (unpaired) electrons. The van der Waals surface area contributed by atoms with E-state index >= 15 is 0 Å². The second-order valence-corrected chi connectivity index (χ2v) is 6.77. The van der Waals surface area contributed by atoms with Crippen molar-refractivity contribution < 1.29 is 19.1 Å². The maximum Gasteiger partial charge on any atom is 0.273 e. The minimum Gasteiger partial charge on any atom is -0.497 e. The quantitative estimate of drug-likeness (QED) is 0.557. The number of methoxy groups -OCH3 is 2. The van der Waals surface area contributed by atoms with Crippen molar-refractivity contribution in [3.05, 3.63) is 53.9 Å². The van der Waals surface area contributed by atoms with Gasteiger partial charge in [-0.2, -0.15) is 0 Å². The number of nitrogens with one attached hydrogen (secondary N) is 2. The van der Waals surface area contributed by atoms with Gasteiger partial charge < -0.3 is 14.0 Å². The van der Waals surface area contributed by atoms with Crippen LogP contribution in [0.5, 0.6) is 11.5 Å². The van der Waals surface area contributed by atoms with Gasteiger partial charge in [0.1, 0.15) is 23.9 Å². The Kier molecular flexibility index (Phi) is 6.90. The highest BCUT2D eigenvalue weighted by Crippen LogP contribution is 2.24. The molecule has 0 spiro atoms. The first-order chi connectivity index (χ1) is 14.6. The summed E-state index contributed by atoms with van der Waals surface area (Å²) in [5.74, 6) is 0.945. The summed E-state index contributed by atoms with van der Waals surface area (Å²) in [6, 6.07) is 12.5. The lowest BCUT2D eigenvalue weighted by molar-refractivity contribution is -0.122. The number of carbonyl (C=O) groups is 2. The molecule has 2 N–H and O–H groups in total. The van der Waals surface area contributed by atoms with Crippen molar-refractivity contribution in [3.63, 3.8) is 0 Å². The lowest BCUT2D eigenvalue weighted by atomic mass is 10.2. The Morgan fingerprint density at radius 1 is 1.07 bits per heavy atom. The van der Waals surface area contributed by atoms with Crippen molar-refractivity contribution in [1.82, 2.24) is 20.4 Å². The van der Waals surface area contributed by atoms with E-state index in [4.69, 9.17) is 9.47 Å². The number of fused-ring (bicyclic) bond motifs is 1. The van der Waals surface area contributed by atoms with Crippen LogP contribution in [0.3, 0.4) is 0 Å². The van der Waals surface area contributed by atoms with Gasteiger partial charge in [0.2, 0.25) is 0 Å². The maximum atomic E-state index is 12.5. The lowest BCUT2D eigenvalue weighted by Crippen LogP contribution is -2.43. The Labute approximate surface area is 175 Å². The number of rotatable bonds is 8. The molecule has 0 fully saturated rings. The largest absolute Gasteiger partial charge is 0.497 e. The monoisotopic (exact) mass is 410 g/mol. The number of hydrazine groups is 1. The van der Waals surface area contributed by atoms with Crippen molar-refractivity contribution in [2.75, 3.05) is 14.2 Å². The number of nitrogens with zero attached hydrogens (tertiary/aromatic N) is 2. The van der Waals surface area contributed by atoms with E-state index in [0.29, 0.717) is 11.5 Å². The van der Waals surface area contributed by atoms with Crippen molar-refractivity contribution in [2.45, 2.75) is 32.7 Å². The highest BCUT2D eigenvalue weighted by atomic mass is 16.5. The predicted octanol–water partition coefficient (Wildman–Crippen LogP) is 2.86. The summed E-state index contributed by atoms with van der Waals surface area (Å²) in [5, 5.41) is 0. The number of amides is 2. The minimum atomic E-state index is -0.482. The van der Waals surface area contributed by atoms with Crippen LogP contribution in [0.4, 0.5) is 0 Å². The molecule has 158 valence electrons. The Bertz CT molecular complexity index is 1040. The number of imidazole rings is 1. The van der Waals surface area contributed by atoms with E-state index in [9.17, 15) is 9.59 Å². The number of carbonyl (C=O) groups excluding carboxylic acids is 2. The summed E-state index contributed by atoms with van der Waals surface area (Å²) in [6.45, 7) is 2.17. The molecule has 0 atom stereocenters. The summed E-state index contributed by atoms with van der Waals surface area (Å²) in [5.41, 5.74) is 6.94. The first-order valence-electron chi connectivity index (χ1n) is 9.82. The first-order valence-corrected chi connectivity index (χ1v) is 9.82. The summed E-state index contributed by atoms with van der Waals surface area (Å²) >= 11 is 0.